The molecular weight excluding hydrogens is 433 g/mol. The maximum Gasteiger partial charge on any atom is 0.416 e. The molecule has 1 aromatic heterocycles. The van der Waals surface area contributed by atoms with Gasteiger partial charge in [-0.25, -0.2) is 9.48 Å². The molecule has 0 aliphatic carbocycles. The third-order valence-electron chi connectivity index (χ3n) is 4.87. The van der Waals surface area contributed by atoms with E-state index in [-0.39, 0.29) is 6.61 Å². The first kappa shape index (κ1) is 22.8. The molecule has 0 amide bonds. The van der Waals surface area contributed by atoms with E-state index in [0.717, 1.165) is 12.1 Å². The molecule has 0 spiro atoms. The predicted octanol–water partition coefficient (Wildman–Crippen LogP) is 5.90. The molecule has 3 aromatic rings. The summed E-state index contributed by atoms with van der Waals surface area (Å²) in [7, 11) is 0. The molecule has 0 atom stereocenters. The van der Waals surface area contributed by atoms with Crippen LogP contribution in [0.4, 0.5) is 13.2 Å². The van der Waals surface area contributed by atoms with Gasteiger partial charge >= 0.3 is 12.1 Å². The summed E-state index contributed by atoms with van der Waals surface area (Å²) in [5.74, 6) is -1.13. The van der Waals surface area contributed by atoms with Crippen molar-refractivity contribution in [2.24, 2.45) is 0 Å². The summed E-state index contributed by atoms with van der Waals surface area (Å²) < 4.78 is 46.0. The van der Waals surface area contributed by atoms with Crippen LogP contribution in [0, 0.1) is 6.92 Å². The molecule has 5 nitrogen and oxygen atoms in total. The van der Waals surface area contributed by atoms with E-state index >= 15 is 0 Å². The lowest BCUT2D eigenvalue weighted by atomic mass is 10.0. The minimum absolute atomic E-state index is 0.101. The highest BCUT2D eigenvalue weighted by molar-refractivity contribution is 6.32. The van der Waals surface area contributed by atoms with Crippen LogP contribution in [0.25, 0.3) is 16.9 Å². The average Bonchev–Trinajstić information content (AvgIpc) is 3.02. The molecule has 0 fully saturated rings. The van der Waals surface area contributed by atoms with Crippen LogP contribution >= 0.6 is 11.6 Å². The topological polar surface area (TPSA) is 64.3 Å². The van der Waals surface area contributed by atoms with Gasteiger partial charge in [0.15, 0.2) is 5.60 Å². The summed E-state index contributed by atoms with van der Waals surface area (Å²) in [6.45, 7) is 4.50. The fourth-order valence-corrected chi connectivity index (χ4v) is 3.16. The van der Waals surface area contributed by atoms with Gasteiger partial charge in [0, 0.05) is 11.1 Å². The molecule has 0 unspecified atom stereocenters. The first-order chi connectivity index (χ1) is 14.4. The molecule has 3 rings (SSSR count). The Kier molecular flexibility index (Phi) is 6.16. The largest absolute Gasteiger partial charge is 0.479 e. The quantitative estimate of drug-likeness (QED) is 0.505. The highest BCUT2D eigenvalue weighted by Gasteiger charge is 2.31. The molecule has 164 valence electrons. The van der Waals surface area contributed by atoms with Gasteiger partial charge in [0.25, 0.3) is 0 Å². The number of alkyl halides is 3. The van der Waals surface area contributed by atoms with E-state index in [2.05, 4.69) is 5.10 Å². The zero-order valence-electron chi connectivity index (χ0n) is 17.0. The molecule has 9 heteroatoms. The second-order valence-corrected chi connectivity index (χ2v) is 7.87. The number of hydrogen-bond acceptors (Lipinski definition) is 3. The molecule has 0 radical (unpaired) electrons. The van der Waals surface area contributed by atoms with Gasteiger partial charge in [-0.05, 0) is 45.0 Å². The number of aliphatic carboxylic acids is 1. The highest BCUT2D eigenvalue weighted by Crippen LogP contribution is 2.35. The number of carboxylic acids is 1. The van der Waals surface area contributed by atoms with E-state index in [9.17, 15) is 23.1 Å². The maximum atomic E-state index is 13.0. The van der Waals surface area contributed by atoms with E-state index in [4.69, 9.17) is 16.3 Å². The second kappa shape index (κ2) is 8.36. The Hall–Kier alpha value is -2.84. The first-order valence-electron chi connectivity index (χ1n) is 9.30. The van der Waals surface area contributed by atoms with Gasteiger partial charge in [0.05, 0.1) is 34.3 Å². The number of benzene rings is 2. The lowest BCUT2D eigenvalue weighted by Gasteiger charge is -2.19. The van der Waals surface area contributed by atoms with Crippen molar-refractivity contribution in [1.82, 2.24) is 9.78 Å². The zero-order valence-corrected chi connectivity index (χ0v) is 17.8. The van der Waals surface area contributed by atoms with Crippen LogP contribution in [0.15, 0.2) is 48.5 Å². The first-order valence-corrected chi connectivity index (χ1v) is 9.68. The number of hydrogen-bond donors (Lipinski definition) is 1. The van der Waals surface area contributed by atoms with Crippen LogP contribution in [-0.2, 0) is 22.3 Å². The van der Waals surface area contributed by atoms with Gasteiger partial charge in [0.1, 0.15) is 0 Å². The molecule has 0 bridgehead atoms. The van der Waals surface area contributed by atoms with Crippen LogP contribution < -0.4 is 0 Å². The van der Waals surface area contributed by atoms with Crippen molar-refractivity contribution >= 4 is 17.6 Å². The molecule has 0 saturated heterocycles. The summed E-state index contributed by atoms with van der Waals surface area (Å²) in [5.41, 5.74) is 0.463. The average molecular weight is 453 g/mol. The summed E-state index contributed by atoms with van der Waals surface area (Å²) in [6.07, 6.45) is -4.45. The third kappa shape index (κ3) is 4.75. The number of para-hydroxylation sites is 1. The standard InChI is InChI=1S/C22H20ClF3N2O3/c1-13-17(12-31-21(2,3)20(29)30)27-28(18-7-5-4-6-16(18)23)19(13)14-8-10-15(11-9-14)22(24,25)26/h4-11H,12H2,1-3H3,(H,29,30). The summed E-state index contributed by atoms with van der Waals surface area (Å²) in [6, 6.07) is 11.7. The van der Waals surface area contributed by atoms with E-state index in [0.29, 0.717) is 33.2 Å². The van der Waals surface area contributed by atoms with Gasteiger partial charge < -0.3 is 9.84 Å². The number of carbonyl (C=O) groups is 1. The van der Waals surface area contributed by atoms with Crippen LogP contribution in [0.3, 0.4) is 0 Å². The Morgan fingerprint density at radius 2 is 1.74 bits per heavy atom. The number of nitrogens with zero attached hydrogens (tertiary/aromatic N) is 2. The van der Waals surface area contributed by atoms with Crippen LogP contribution in [0.2, 0.25) is 5.02 Å². The third-order valence-corrected chi connectivity index (χ3v) is 5.19. The van der Waals surface area contributed by atoms with Crippen LogP contribution in [0.1, 0.15) is 30.7 Å². The molecule has 1 heterocycles. The SMILES string of the molecule is Cc1c(COC(C)(C)C(=O)O)nn(-c2ccccc2Cl)c1-c1ccc(C(F)(F)F)cc1. The summed E-state index contributed by atoms with van der Waals surface area (Å²) in [4.78, 5) is 11.3. The lowest BCUT2D eigenvalue weighted by molar-refractivity contribution is -0.162. The lowest BCUT2D eigenvalue weighted by Crippen LogP contribution is -2.34. The van der Waals surface area contributed by atoms with Crippen molar-refractivity contribution in [3.63, 3.8) is 0 Å². The Morgan fingerprint density at radius 3 is 2.29 bits per heavy atom. The Balaban J connectivity index is 2.11. The van der Waals surface area contributed by atoms with Crippen molar-refractivity contribution < 1.29 is 27.8 Å². The Morgan fingerprint density at radius 1 is 1.13 bits per heavy atom. The monoisotopic (exact) mass is 452 g/mol. The number of ether oxygens (including phenoxy) is 1. The van der Waals surface area contributed by atoms with Crippen molar-refractivity contribution in [3.05, 3.63) is 70.4 Å². The molecular formula is C22H20ClF3N2O3. The van der Waals surface area contributed by atoms with Crippen LogP contribution in [-0.4, -0.2) is 26.5 Å². The summed E-state index contributed by atoms with van der Waals surface area (Å²) >= 11 is 6.34. The van der Waals surface area contributed by atoms with E-state index in [1.165, 1.54) is 30.7 Å². The van der Waals surface area contributed by atoms with Gasteiger partial charge in [-0.3, -0.25) is 0 Å². The number of carboxylic acid groups (broad SMARTS) is 1. The van der Waals surface area contributed by atoms with Crippen molar-refractivity contribution in [2.45, 2.75) is 39.2 Å². The van der Waals surface area contributed by atoms with E-state index in [1.807, 2.05) is 0 Å². The molecule has 2 aromatic carbocycles. The van der Waals surface area contributed by atoms with E-state index < -0.39 is 23.3 Å². The molecule has 31 heavy (non-hydrogen) atoms. The predicted molar refractivity (Wildman–Crippen MR) is 110 cm³/mol. The fraction of sp³-hybridized carbons (Fsp3) is 0.273. The normalized spacial score (nSPS) is 12.2. The van der Waals surface area contributed by atoms with E-state index in [1.54, 1.807) is 31.2 Å². The second-order valence-electron chi connectivity index (χ2n) is 7.46. The molecule has 0 aliphatic heterocycles. The maximum absolute atomic E-state index is 13.0. The summed E-state index contributed by atoms with van der Waals surface area (Å²) in [5, 5.41) is 14.2. The fourth-order valence-electron chi connectivity index (χ4n) is 2.94. The van der Waals surface area contributed by atoms with Gasteiger partial charge in [0.2, 0.25) is 0 Å². The number of rotatable bonds is 6. The smallest absolute Gasteiger partial charge is 0.416 e. The minimum Gasteiger partial charge on any atom is -0.479 e. The number of aromatic nitrogens is 2. The Bertz CT molecular complexity index is 1110. The highest BCUT2D eigenvalue weighted by atomic mass is 35.5. The molecule has 0 saturated carbocycles. The Labute approximate surface area is 182 Å². The van der Waals surface area contributed by atoms with Gasteiger partial charge in [-0.15, -0.1) is 0 Å². The van der Waals surface area contributed by atoms with Gasteiger partial charge in [-0.2, -0.15) is 18.3 Å². The van der Waals surface area contributed by atoms with Crippen molar-refractivity contribution in [1.29, 1.82) is 0 Å². The molecule has 1 N–H and O–H groups in total. The zero-order chi connectivity index (χ0) is 23.0. The van der Waals surface area contributed by atoms with Crippen molar-refractivity contribution in [2.75, 3.05) is 0 Å². The van der Waals surface area contributed by atoms with Crippen LogP contribution in [0.5, 0.6) is 0 Å². The number of halogens is 4. The minimum atomic E-state index is -4.45. The van der Waals surface area contributed by atoms with Crippen molar-refractivity contribution in [3.8, 4) is 16.9 Å². The van der Waals surface area contributed by atoms with Gasteiger partial charge in [-0.1, -0.05) is 35.9 Å². The molecule has 0 aliphatic rings.